The van der Waals surface area contributed by atoms with Crippen molar-refractivity contribution < 1.29 is 32.7 Å². The number of rotatable bonds is 15. The average molecular weight is 862 g/mol. The highest BCUT2D eigenvalue weighted by Crippen LogP contribution is 2.32. The minimum absolute atomic E-state index is 0.0399. The minimum atomic E-state index is -2.95. The van der Waals surface area contributed by atoms with Gasteiger partial charge in [-0.2, -0.15) is 5.26 Å². The van der Waals surface area contributed by atoms with Crippen LogP contribution in [-0.2, 0) is 31.5 Å². The second-order valence-corrected chi connectivity index (χ2v) is 16.1. The Morgan fingerprint density at radius 2 is 1.69 bits per heavy atom. The summed E-state index contributed by atoms with van der Waals surface area (Å²) in [7, 11) is 0. The molecule has 0 bridgehead atoms. The Bertz CT molecular complexity index is 2030. The topological polar surface area (TPSA) is 147 Å². The molecule has 3 N–H and O–H groups in total. The van der Waals surface area contributed by atoms with Crippen LogP contribution in [0.5, 0.6) is 5.75 Å². The summed E-state index contributed by atoms with van der Waals surface area (Å²) in [6.45, 7) is 21.8. The number of carbonyl (C=O) groups is 4. The Morgan fingerprint density at radius 1 is 1.02 bits per heavy atom. The van der Waals surface area contributed by atoms with Crippen LogP contribution in [0.3, 0.4) is 0 Å². The number of carbonyl (C=O) groups excluding carboxylic acids is 4. The lowest BCUT2D eigenvalue weighted by molar-refractivity contribution is -0.133. The molecule has 1 atom stereocenters. The predicted molar refractivity (Wildman–Crippen MR) is 241 cm³/mol. The summed E-state index contributed by atoms with van der Waals surface area (Å²) in [5.74, 6) is -2.41. The molecule has 12 nitrogen and oxygen atoms in total. The molecule has 3 aromatic rings. The maximum Gasteiger partial charge on any atom is 0.271 e. The largest absolute Gasteiger partial charge is 0.492 e. The molecule has 61 heavy (non-hydrogen) atoms. The molecule has 3 amide bonds. The normalized spacial score (nSPS) is 15.7. The van der Waals surface area contributed by atoms with E-state index in [0.717, 1.165) is 80.9 Å². The lowest BCUT2D eigenvalue weighted by Gasteiger charge is -2.38. The highest BCUT2D eigenvalue weighted by molar-refractivity contribution is 7.80. The molecule has 0 radical (unpaired) electrons. The number of piperazine rings is 1. The lowest BCUT2D eigenvalue weighted by Crippen LogP contribution is -2.52. The van der Waals surface area contributed by atoms with E-state index in [0.29, 0.717) is 43.0 Å². The zero-order chi connectivity index (χ0) is 45.3. The van der Waals surface area contributed by atoms with Crippen molar-refractivity contribution in [3.63, 3.8) is 0 Å². The maximum absolute atomic E-state index is 12.9. The van der Waals surface area contributed by atoms with Crippen molar-refractivity contribution in [2.24, 2.45) is 0 Å². The molecule has 3 aromatic carbocycles. The first kappa shape index (κ1) is 50.1. The molecule has 0 aromatic heterocycles. The van der Waals surface area contributed by atoms with Gasteiger partial charge in [0.2, 0.25) is 18.2 Å². The number of hydrogen-bond donors (Lipinski definition) is 3. The summed E-state index contributed by atoms with van der Waals surface area (Å²) < 4.78 is 32.0. The van der Waals surface area contributed by atoms with Gasteiger partial charge in [-0.3, -0.25) is 29.4 Å². The molecular weight excluding hydrogens is 801 g/mol. The predicted octanol–water partition coefficient (Wildman–Crippen LogP) is 7.63. The number of ether oxygens (including phenoxy) is 1. The summed E-state index contributed by atoms with van der Waals surface area (Å²) in [5.41, 5.74) is 3.36. The summed E-state index contributed by atoms with van der Waals surface area (Å²) in [6, 6.07) is 18.9. The number of nitriles is 1. The summed E-state index contributed by atoms with van der Waals surface area (Å²) in [6.07, 6.45) is 2.74. The van der Waals surface area contributed by atoms with E-state index >= 15 is 0 Å². The number of benzene rings is 3. The van der Waals surface area contributed by atoms with Gasteiger partial charge in [0, 0.05) is 75.1 Å². The fourth-order valence-electron chi connectivity index (χ4n) is 7.11. The van der Waals surface area contributed by atoms with Gasteiger partial charge in [-0.1, -0.05) is 50.7 Å². The second-order valence-electron chi connectivity index (χ2n) is 15.5. The van der Waals surface area contributed by atoms with E-state index in [1.165, 1.54) is 12.1 Å². The van der Waals surface area contributed by atoms with E-state index < -0.39 is 17.5 Å². The number of anilines is 3. The van der Waals surface area contributed by atoms with E-state index in [1.807, 2.05) is 44.7 Å². The van der Waals surface area contributed by atoms with Crippen LogP contribution in [0.1, 0.15) is 90.0 Å². The molecule has 5 rings (SSSR count). The molecule has 15 heteroatoms. The molecule has 0 aliphatic carbocycles. The summed E-state index contributed by atoms with van der Waals surface area (Å²) >= 11 is 5.52. The van der Waals surface area contributed by atoms with E-state index in [2.05, 4.69) is 45.7 Å². The molecule has 2 saturated heterocycles. The molecule has 2 aliphatic heterocycles. The third kappa shape index (κ3) is 15.0. The number of alkyl halides is 2. The number of amides is 3. The van der Waals surface area contributed by atoms with Crippen LogP contribution < -0.4 is 25.6 Å². The average Bonchev–Trinajstić information content (AvgIpc) is 3.22. The molecule has 2 heterocycles. The zero-order valence-electron chi connectivity index (χ0n) is 36.7. The number of ketones is 1. The van der Waals surface area contributed by atoms with Crippen molar-refractivity contribution in [3.05, 3.63) is 82.9 Å². The second kappa shape index (κ2) is 23.6. The Hall–Kier alpha value is -5.30. The summed E-state index contributed by atoms with van der Waals surface area (Å²) in [5, 5.41) is 16.4. The quantitative estimate of drug-likeness (QED) is 0.0788. The smallest absolute Gasteiger partial charge is 0.271 e. The molecule has 2 aliphatic rings. The van der Waals surface area contributed by atoms with Gasteiger partial charge in [0.15, 0.2) is 5.78 Å². The number of Topliss-reactive ketones (excluding diaryl/α,β-unsaturated/α-hetero) is 1. The van der Waals surface area contributed by atoms with Crippen LogP contribution in [0.4, 0.5) is 25.8 Å². The van der Waals surface area contributed by atoms with Crippen molar-refractivity contribution >= 4 is 58.3 Å². The van der Waals surface area contributed by atoms with Gasteiger partial charge < -0.3 is 25.2 Å². The third-order valence-corrected chi connectivity index (χ3v) is 10.8. The first-order valence-electron chi connectivity index (χ1n) is 20.7. The van der Waals surface area contributed by atoms with Gasteiger partial charge in [0.05, 0.1) is 22.2 Å². The molecule has 1 unspecified atom stereocenters. The maximum atomic E-state index is 12.9. The van der Waals surface area contributed by atoms with E-state index in [9.17, 15) is 28.0 Å². The van der Waals surface area contributed by atoms with Crippen molar-refractivity contribution in [1.82, 2.24) is 15.1 Å². The van der Waals surface area contributed by atoms with Crippen molar-refractivity contribution in [2.45, 2.75) is 98.6 Å². The molecular formula is C46H61F2N7O5S. The molecule has 2 fully saturated rings. The van der Waals surface area contributed by atoms with Gasteiger partial charge in [-0.25, -0.2) is 8.78 Å². The van der Waals surface area contributed by atoms with Crippen LogP contribution in [-0.4, -0.2) is 96.3 Å². The number of piperidine rings is 1. The van der Waals surface area contributed by atoms with Gasteiger partial charge in [0.25, 0.3) is 5.92 Å². The summed E-state index contributed by atoms with van der Waals surface area (Å²) in [4.78, 5) is 53.1. The Labute approximate surface area is 365 Å². The van der Waals surface area contributed by atoms with Crippen LogP contribution in [0.2, 0.25) is 0 Å². The molecule has 0 saturated carbocycles. The fraction of sp³-hybridized carbons (Fsp3) is 0.478. The monoisotopic (exact) mass is 861 g/mol. The van der Waals surface area contributed by atoms with E-state index in [4.69, 9.17) is 22.2 Å². The number of hydrogen-bond acceptors (Lipinski definition) is 10. The SMILES string of the molecule is CCC(=O)C(C)(C)N(C(C)=S)c1ccc(OCCN2CCN(CC)CC2)c(CC)c1.Cc1ccc(C#N)c(C(C)(F)F)c1.O=CNc1cccc(NC2CCC(=O)NC2=O)c1. The molecule has 330 valence electrons. The number of likely N-dealkylation sites (N-methyl/N-ethyl adjacent to an activating group) is 1. The van der Waals surface area contributed by atoms with Gasteiger partial charge in [-0.15, -0.1) is 0 Å². The van der Waals surface area contributed by atoms with E-state index in [-0.39, 0.29) is 28.7 Å². The highest BCUT2D eigenvalue weighted by atomic mass is 32.1. The number of aryl methyl sites for hydroxylation is 2. The van der Waals surface area contributed by atoms with Crippen LogP contribution >= 0.6 is 12.2 Å². The fourth-order valence-corrected chi connectivity index (χ4v) is 7.44. The Morgan fingerprint density at radius 3 is 2.26 bits per heavy atom. The van der Waals surface area contributed by atoms with Crippen molar-refractivity contribution in [1.29, 1.82) is 5.26 Å². The Kier molecular flexibility index (Phi) is 19.4. The number of nitrogens with one attached hydrogen (secondary N) is 3. The van der Waals surface area contributed by atoms with E-state index in [1.54, 1.807) is 43.3 Å². The van der Waals surface area contributed by atoms with Gasteiger partial charge in [0.1, 0.15) is 18.4 Å². The van der Waals surface area contributed by atoms with Crippen LogP contribution in [0.25, 0.3) is 0 Å². The van der Waals surface area contributed by atoms with Crippen LogP contribution in [0.15, 0.2) is 60.7 Å². The highest BCUT2D eigenvalue weighted by Gasteiger charge is 2.35. The zero-order valence-corrected chi connectivity index (χ0v) is 37.5. The number of nitrogens with zero attached hydrogens (tertiary/aromatic N) is 4. The number of thiocarbonyl (C=S) groups is 1. The van der Waals surface area contributed by atoms with Crippen molar-refractivity contribution in [3.8, 4) is 11.8 Å². The third-order valence-electron chi connectivity index (χ3n) is 10.6. The Balaban J connectivity index is 0.000000270. The standard InChI is InChI=1S/C24H39N3O2S.C12H13N3O3.C10H9F2N/c1-7-20-18-21(27(19(4)30)24(5,6)23(28)8-2)10-11-22(20)29-17-16-26-14-12-25(9-3)13-15-26;16-7-13-8-2-1-3-9(6-8)14-10-4-5-11(17)15-12(10)18;1-7-3-4-8(6-13)9(5-7)10(2,11)12/h10-11,18H,7-9,12-17H2,1-6H3;1-3,6-7,10,14H,4-5H2,(H,13,16)(H,15,17,18);3-5H,1-2H3. The number of imide groups is 1. The molecule has 0 spiro atoms. The van der Waals surface area contributed by atoms with Gasteiger partial charge in [-0.05, 0) is 101 Å². The van der Waals surface area contributed by atoms with Gasteiger partial charge >= 0.3 is 0 Å². The number of halogens is 2. The van der Waals surface area contributed by atoms with Crippen LogP contribution in [0, 0.1) is 18.3 Å². The first-order valence-corrected chi connectivity index (χ1v) is 21.1. The minimum Gasteiger partial charge on any atom is -0.492 e. The first-order chi connectivity index (χ1) is 28.9. The van der Waals surface area contributed by atoms with Crippen molar-refractivity contribution in [2.75, 3.05) is 61.4 Å². The lowest BCUT2D eigenvalue weighted by atomic mass is 9.93.